The predicted octanol–water partition coefficient (Wildman–Crippen LogP) is 1.70. The van der Waals surface area contributed by atoms with Gasteiger partial charge in [-0.05, 0) is 18.2 Å². The van der Waals surface area contributed by atoms with Crippen molar-refractivity contribution in [3.63, 3.8) is 0 Å². The molecule has 0 fully saturated rings. The van der Waals surface area contributed by atoms with Crippen LogP contribution in [-0.4, -0.2) is 9.55 Å². The molecular formula is C9H7BrN2O. The second-order valence-electron chi connectivity index (χ2n) is 2.79. The minimum Gasteiger partial charge on any atom is -0.309 e. The molecule has 0 aliphatic carbocycles. The van der Waals surface area contributed by atoms with E-state index in [0.717, 1.165) is 15.5 Å². The molecule has 0 radical (unpaired) electrons. The maximum absolute atomic E-state index is 11.2. The summed E-state index contributed by atoms with van der Waals surface area (Å²) >= 11 is 3.35. The Balaban J connectivity index is 2.95. The normalized spacial score (nSPS) is 10.6. The minimum absolute atomic E-state index is 0.0881. The van der Waals surface area contributed by atoms with Crippen LogP contribution in [0.25, 0.3) is 11.0 Å². The number of hydrogen-bond acceptors (Lipinski definition) is 2. The van der Waals surface area contributed by atoms with Gasteiger partial charge in [-0.1, -0.05) is 15.9 Å². The van der Waals surface area contributed by atoms with Gasteiger partial charge in [-0.15, -0.1) is 0 Å². The van der Waals surface area contributed by atoms with Gasteiger partial charge in [-0.2, -0.15) is 0 Å². The first-order valence-electron chi connectivity index (χ1n) is 3.80. The van der Waals surface area contributed by atoms with Crippen LogP contribution in [0.1, 0.15) is 0 Å². The molecule has 0 amide bonds. The second kappa shape index (κ2) is 2.96. The molecule has 0 aliphatic heterocycles. The molecule has 13 heavy (non-hydrogen) atoms. The van der Waals surface area contributed by atoms with Gasteiger partial charge in [-0.3, -0.25) is 4.79 Å². The lowest BCUT2D eigenvalue weighted by atomic mass is 10.3. The molecule has 0 bridgehead atoms. The van der Waals surface area contributed by atoms with E-state index in [-0.39, 0.29) is 5.56 Å². The largest absolute Gasteiger partial charge is 0.309 e. The summed E-state index contributed by atoms with van der Waals surface area (Å²) in [6, 6.07) is 5.64. The third-order valence-electron chi connectivity index (χ3n) is 1.94. The predicted molar refractivity (Wildman–Crippen MR) is 54.7 cm³/mol. The summed E-state index contributed by atoms with van der Waals surface area (Å²) in [6.45, 7) is 0. The molecule has 0 spiro atoms. The van der Waals surface area contributed by atoms with E-state index in [2.05, 4.69) is 20.9 Å². The first-order valence-corrected chi connectivity index (χ1v) is 4.59. The van der Waals surface area contributed by atoms with Crippen molar-refractivity contribution < 1.29 is 0 Å². The van der Waals surface area contributed by atoms with Gasteiger partial charge in [0.25, 0.3) is 5.56 Å². The van der Waals surface area contributed by atoms with Gasteiger partial charge in [0.05, 0.1) is 17.2 Å². The van der Waals surface area contributed by atoms with Gasteiger partial charge in [0.1, 0.15) is 0 Å². The molecule has 2 aromatic rings. The third-order valence-corrected chi connectivity index (χ3v) is 2.44. The number of aryl methyl sites for hydroxylation is 1. The van der Waals surface area contributed by atoms with Gasteiger partial charge < -0.3 is 4.57 Å². The monoisotopic (exact) mass is 238 g/mol. The molecule has 1 aromatic heterocycles. The molecule has 0 N–H and O–H groups in total. The first-order chi connectivity index (χ1) is 6.18. The molecule has 3 nitrogen and oxygen atoms in total. The van der Waals surface area contributed by atoms with E-state index in [1.165, 1.54) is 6.20 Å². The standard InChI is InChI=1S/C9H7BrN2O/c1-12-8-3-2-6(10)4-7(8)11-5-9(12)13/h2-5H,1H3. The Morgan fingerprint density at radius 3 is 3.00 bits per heavy atom. The van der Waals surface area contributed by atoms with E-state index in [1.54, 1.807) is 11.6 Å². The molecule has 4 heteroatoms. The third kappa shape index (κ3) is 1.37. The molecule has 2 rings (SSSR count). The molecule has 0 saturated heterocycles. The van der Waals surface area contributed by atoms with Crippen LogP contribution in [0.3, 0.4) is 0 Å². The smallest absolute Gasteiger partial charge is 0.269 e. The number of rotatable bonds is 0. The Morgan fingerprint density at radius 2 is 2.23 bits per heavy atom. The van der Waals surface area contributed by atoms with Crippen LogP contribution < -0.4 is 5.56 Å². The fourth-order valence-corrected chi connectivity index (χ4v) is 1.56. The van der Waals surface area contributed by atoms with Crippen LogP contribution in [0.5, 0.6) is 0 Å². The molecule has 0 aliphatic rings. The van der Waals surface area contributed by atoms with Crippen LogP contribution in [0.4, 0.5) is 0 Å². The lowest BCUT2D eigenvalue weighted by Crippen LogP contribution is -2.16. The Kier molecular flexibility index (Phi) is 1.92. The molecule has 0 unspecified atom stereocenters. The fourth-order valence-electron chi connectivity index (χ4n) is 1.21. The Labute approximate surface area is 83.2 Å². The fraction of sp³-hybridized carbons (Fsp3) is 0.111. The van der Waals surface area contributed by atoms with Gasteiger partial charge in [-0.25, -0.2) is 4.98 Å². The average Bonchev–Trinajstić information content (AvgIpc) is 2.12. The quantitative estimate of drug-likeness (QED) is 0.701. The SMILES string of the molecule is Cn1c(=O)cnc2cc(Br)ccc21. The summed E-state index contributed by atoms with van der Waals surface area (Å²) in [6.07, 6.45) is 1.33. The Hall–Kier alpha value is -1.16. The molecule has 0 atom stereocenters. The van der Waals surface area contributed by atoms with Crippen molar-refractivity contribution in [3.8, 4) is 0 Å². The van der Waals surface area contributed by atoms with Crippen molar-refractivity contribution in [2.45, 2.75) is 0 Å². The second-order valence-corrected chi connectivity index (χ2v) is 3.70. The number of hydrogen-bond donors (Lipinski definition) is 0. The van der Waals surface area contributed by atoms with Crippen molar-refractivity contribution in [2.75, 3.05) is 0 Å². The zero-order chi connectivity index (χ0) is 9.42. The topological polar surface area (TPSA) is 34.9 Å². The summed E-state index contributed by atoms with van der Waals surface area (Å²) in [5.74, 6) is 0. The molecular weight excluding hydrogens is 232 g/mol. The highest BCUT2D eigenvalue weighted by Crippen LogP contribution is 2.15. The maximum atomic E-state index is 11.2. The molecule has 1 heterocycles. The zero-order valence-corrected chi connectivity index (χ0v) is 8.58. The number of halogens is 1. The minimum atomic E-state index is -0.0881. The first kappa shape index (κ1) is 8.44. The number of fused-ring (bicyclic) bond motifs is 1. The van der Waals surface area contributed by atoms with Crippen molar-refractivity contribution >= 4 is 27.0 Å². The molecule has 0 saturated carbocycles. The van der Waals surface area contributed by atoms with E-state index < -0.39 is 0 Å². The van der Waals surface area contributed by atoms with E-state index in [0.29, 0.717) is 0 Å². The van der Waals surface area contributed by atoms with Gasteiger partial charge in [0, 0.05) is 11.5 Å². The van der Waals surface area contributed by atoms with Crippen LogP contribution in [0, 0.1) is 0 Å². The lowest BCUT2D eigenvalue weighted by Gasteiger charge is -2.02. The lowest BCUT2D eigenvalue weighted by molar-refractivity contribution is 0.891. The van der Waals surface area contributed by atoms with Crippen LogP contribution in [0.2, 0.25) is 0 Å². The van der Waals surface area contributed by atoms with Crippen molar-refractivity contribution in [2.24, 2.45) is 7.05 Å². The molecule has 66 valence electrons. The van der Waals surface area contributed by atoms with Gasteiger partial charge in [0.15, 0.2) is 0 Å². The van der Waals surface area contributed by atoms with E-state index >= 15 is 0 Å². The Bertz CT molecular complexity index is 518. The van der Waals surface area contributed by atoms with E-state index in [1.807, 2.05) is 18.2 Å². The highest BCUT2D eigenvalue weighted by atomic mass is 79.9. The Morgan fingerprint density at radius 1 is 1.46 bits per heavy atom. The highest BCUT2D eigenvalue weighted by molar-refractivity contribution is 9.10. The van der Waals surface area contributed by atoms with Crippen LogP contribution in [0.15, 0.2) is 33.7 Å². The van der Waals surface area contributed by atoms with Crippen molar-refractivity contribution in [1.82, 2.24) is 9.55 Å². The summed E-state index contributed by atoms with van der Waals surface area (Å²) in [5, 5.41) is 0. The number of benzene rings is 1. The summed E-state index contributed by atoms with van der Waals surface area (Å²) in [4.78, 5) is 15.2. The summed E-state index contributed by atoms with van der Waals surface area (Å²) in [5.41, 5.74) is 1.57. The average molecular weight is 239 g/mol. The summed E-state index contributed by atoms with van der Waals surface area (Å²) in [7, 11) is 1.74. The van der Waals surface area contributed by atoms with Crippen molar-refractivity contribution in [1.29, 1.82) is 0 Å². The van der Waals surface area contributed by atoms with Gasteiger partial charge in [0.2, 0.25) is 0 Å². The highest BCUT2D eigenvalue weighted by Gasteiger charge is 1.99. The number of nitrogens with zero attached hydrogens (tertiary/aromatic N) is 2. The van der Waals surface area contributed by atoms with E-state index in [4.69, 9.17) is 0 Å². The van der Waals surface area contributed by atoms with Crippen molar-refractivity contribution in [3.05, 3.63) is 39.2 Å². The number of aromatic nitrogens is 2. The maximum Gasteiger partial charge on any atom is 0.269 e. The van der Waals surface area contributed by atoms with Gasteiger partial charge >= 0.3 is 0 Å². The van der Waals surface area contributed by atoms with Crippen LogP contribution in [-0.2, 0) is 7.05 Å². The molecule has 1 aromatic carbocycles. The van der Waals surface area contributed by atoms with E-state index in [9.17, 15) is 4.79 Å². The summed E-state index contributed by atoms with van der Waals surface area (Å²) < 4.78 is 2.54. The van der Waals surface area contributed by atoms with Crippen LogP contribution >= 0.6 is 15.9 Å². The zero-order valence-electron chi connectivity index (χ0n) is 6.99.